The van der Waals surface area contributed by atoms with Crippen LogP contribution in [0.3, 0.4) is 0 Å². The Kier molecular flexibility index (Phi) is 7.96. The number of likely N-dealkylation sites (tertiary alicyclic amines) is 1. The van der Waals surface area contributed by atoms with E-state index in [9.17, 15) is 14.4 Å². The van der Waals surface area contributed by atoms with Gasteiger partial charge in [0.05, 0.1) is 11.5 Å². The zero-order valence-electron chi connectivity index (χ0n) is 18.4. The smallest absolute Gasteiger partial charge is 0.303 e. The number of hydrogen-bond donors (Lipinski definition) is 4. The molecular weight excluding hydrogens is 396 g/mol. The second-order valence-electron chi connectivity index (χ2n) is 8.52. The van der Waals surface area contributed by atoms with Crippen LogP contribution in [0.15, 0.2) is 36.4 Å². The van der Waals surface area contributed by atoms with Crippen molar-refractivity contribution in [1.82, 2.24) is 10.2 Å². The molecule has 0 aromatic heterocycles. The molecule has 2 rings (SSSR count). The van der Waals surface area contributed by atoms with Crippen molar-refractivity contribution in [3.63, 3.8) is 0 Å². The topological polar surface area (TPSA) is 137 Å². The van der Waals surface area contributed by atoms with Crippen molar-refractivity contribution in [2.75, 3.05) is 13.1 Å². The maximum Gasteiger partial charge on any atom is 0.303 e. The molecule has 1 heterocycles. The zero-order valence-corrected chi connectivity index (χ0v) is 18.4. The summed E-state index contributed by atoms with van der Waals surface area (Å²) in [6.45, 7) is 6.48. The summed E-state index contributed by atoms with van der Waals surface area (Å²) in [4.78, 5) is 38.8. The zero-order chi connectivity index (χ0) is 23.2. The van der Waals surface area contributed by atoms with Crippen molar-refractivity contribution in [2.45, 2.75) is 46.1 Å². The van der Waals surface area contributed by atoms with Gasteiger partial charge in [0.15, 0.2) is 0 Å². The van der Waals surface area contributed by atoms with Crippen molar-refractivity contribution in [1.29, 1.82) is 5.41 Å². The number of carbonyl (C=O) groups excluding carboxylic acids is 2. The van der Waals surface area contributed by atoms with Crippen molar-refractivity contribution < 1.29 is 19.5 Å². The molecule has 2 amide bonds. The Balaban J connectivity index is 2.09. The number of piperidine rings is 1. The molecule has 1 atom stereocenters. The Bertz CT molecular complexity index is 853. The average molecular weight is 429 g/mol. The Hall–Kier alpha value is -3.16. The number of carboxylic acid groups (broad SMARTS) is 1. The van der Waals surface area contributed by atoms with Crippen LogP contribution < -0.4 is 11.1 Å². The van der Waals surface area contributed by atoms with Gasteiger partial charge in [0.1, 0.15) is 5.84 Å². The van der Waals surface area contributed by atoms with Crippen molar-refractivity contribution in [3.05, 3.63) is 47.5 Å². The highest BCUT2D eigenvalue weighted by Crippen LogP contribution is 2.29. The fourth-order valence-electron chi connectivity index (χ4n) is 3.81. The Morgan fingerprint density at radius 1 is 1.23 bits per heavy atom. The number of amidine groups is 1. The van der Waals surface area contributed by atoms with E-state index in [1.54, 1.807) is 41.3 Å². The average Bonchev–Trinajstić information content (AvgIpc) is 2.73. The molecule has 1 saturated heterocycles. The molecule has 8 heteroatoms. The lowest BCUT2D eigenvalue weighted by Gasteiger charge is -2.39. The number of nitrogens with two attached hydrogens (primary N) is 1. The van der Waals surface area contributed by atoms with E-state index in [4.69, 9.17) is 16.2 Å². The quantitative estimate of drug-likeness (QED) is 0.286. The minimum atomic E-state index is -0.888. The molecule has 5 N–H and O–H groups in total. The van der Waals surface area contributed by atoms with Crippen LogP contribution in [-0.2, 0) is 9.59 Å². The molecule has 0 spiro atoms. The normalized spacial score (nSPS) is 16.2. The number of nitrogen functional groups attached to an aromatic ring is 1. The molecule has 31 heavy (non-hydrogen) atoms. The van der Waals surface area contributed by atoms with Crippen LogP contribution >= 0.6 is 0 Å². The van der Waals surface area contributed by atoms with E-state index in [0.717, 1.165) is 0 Å². The molecule has 0 radical (unpaired) electrons. The van der Waals surface area contributed by atoms with Gasteiger partial charge in [-0.25, -0.2) is 0 Å². The fourth-order valence-corrected chi connectivity index (χ4v) is 3.81. The third kappa shape index (κ3) is 6.16. The summed E-state index contributed by atoms with van der Waals surface area (Å²) in [7, 11) is 0. The van der Waals surface area contributed by atoms with Crippen LogP contribution in [0, 0.1) is 16.7 Å². The minimum Gasteiger partial charge on any atom is -0.481 e. The highest BCUT2D eigenvalue weighted by molar-refractivity contribution is 5.98. The number of benzene rings is 1. The van der Waals surface area contributed by atoms with E-state index in [-0.39, 0.29) is 30.0 Å². The molecule has 168 valence electrons. The van der Waals surface area contributed by atoms with Gasteiger partial charge in [-0.15, -0.1) is 0 Å². The molecule has 1 aromatic rings. The van der Waals surface area contributed by atoms with Crippen LogP contribution in [-0.4, -0.2) is 52.8 Å². The van der Waals surface area contributed by atoms with E-state index in [1.165, 1.54) is 0 Å². The van der Waals surface area contributed by atoms with E-state index >= 15 is 0 Å². The van der Waals surface area contributed by atoms with Gasteiger partial charge in [0.25, 0.3) is 5.91 Å². The second kappa shape index (κ2) is 10.2. The lowest BCUT2D eigenvalue weighted by Crippen LogP contribution is -2.54. The number of carbonyl (C=O) groups is 3. The largest absolute Gasteiger partial charge is 0.481 e. The van der Waals surface area contributed by atoms with Crippen LogP contribution in [0.4, 0.5) is 0 Å². The van der Waals surface area contributed by atoms with Gasteiger partial charge < -0.3 is 21.1 Å². The minimum absolute atomic E-state index is 0.0717. The summed E-state index contributed by atoms with van der Waals surface area (Å²) >= 11 is 0. The van der Waals surface area contributed by atoms with Crippen LogP contribution in [0.5, 0.6) is 0 Å². The monoisotopic (exact) mass is 428 g/mol. The second-order valence-corrected chi connectivity index (χ2v) is 8.52. The first kappa shape index (κ1) is 24.1. The van der Waals surface area contributed by atoms with E-state index < -0.39 is 17.4 Å². The highest BCUT2D eigenvalue weighted by atomic mass is 16.4. The van der Waals surface area contributed by atoms with Gasteiger partial charge in [-0.2, -0.15) is 0 Å². The molecule has 1 aromatic carbocycles. The third-order valence-electron chi connectivity index (χ3n) is 5.82. The lowest BCUT2D eigenvalue weighted by atomic mass is 9.81. The summed E-state index contributed by atoms with van der Waals surface area (Å²) in [6.07, 6.45) is 5.06. The summed E-state index contributed by atoms with van der Waals surface area (Å²) in [5, 5.41) is 19.4. The van der Waals surface area contributed by atoms with Gasteiger partial charge in [-0.3, -0.25) is 19.8 Å². The Morgan fingerprint density at radius 3 is 2.26 bits per heavy atom. The molecule has 0 aliphatic carbocycles. The maximum atomic E-state index is 13.3. The molecule has 8 nitrogen and oxygen atoms in total. The number of nitrogens with zero attached hydrogens (tertiary/aromatic N) is 1. The number of rotatable bonds is 8. The lowest BCUT2D eigenvalue weighted by molar-refractivity contribution is -0.143. The summed E-state index contributed by atoms with van der Waals surface area (Å²) in [6, 6.07) is 5.89. The van der Waals surface area contributed by atoms with E-state index in [0.29, 0.717) is 37.1 Å². The molecule has 1 unspecified atom stereocenters. The van der Waals surface area contributed by atoms with Gasteiger partial charge in [0, 0.05) is 30.6 Å². The molecule has 1 aliphatic heterocycles. The predicted octanol–water partition coefficient (Wildman–Crippen LogP) is 2.38. The first-order valence-corrected chi connectivity index (χ1v) is 10.5. The van der Waals surface area contributed by atoms with Crippen molar-refractivity contribution in [2.24, 2.45) is 17.1 Å². The first-order chi connectivity index (χ1) is 14.6. The van der Waals surface area contributed by atoms with E-state index in [1.807, 2.05) is 20.8 Å². The number of amides is 2. The Morgan fingerprint density at radius 2 is 1.77 bits per heavy atom. The molecule has 1 aliphatic rings. The summed E-state index contributed by atoms with van der Waals surface area (Å²) in [5.74, 6) is -1.18. The van der Waals surface area contributed by atoms with Gasteiger partial charge in [0.2, 0.25) is 5.91 Å². The number of hydrogen-bond acceptors (Lipinski definition) is 4. The maximum absolute atomic E-state index is 13.3. The van der Waals surface area contributed by atoms with Crippen molar-refractivity contribution >= 4 is 23.6 Å². The first-order valence-electron chi connectivity index (χ1n) is 10.5. The standard InChI is InChI=1S/C23H32N4O4/c1-4-5-18(26-21(30)17-8-6-16(7-9-17)20(24)25)23(2,3)22(31)27-12-10-15(11-13-27)14-19(28)29/h4-9,15,18H,10-14H2,1-3H3,(H3,24,25)(H,26,30)(H,28,29)/b5-4+. The number of carboxylic acids is 1. The highest BCUT2D eigenvalue weighted by Gasteiger charge is 2.40. The molecular formula is C23H32N4O4. The molecule has 0 saturated carbocycles. The van der Waals surface area contributed by atoms with Crippen LogP contribution in [0.25, 0.3) is 0 Å². The predicted molar refractivity (Wildman–Crippen MR) is 119 cm³/mol. The van der Waals surface area contributed by atoms with Gasteiger partial charge in [-0.05, 0) is 51.7 Å². The summed E-state index contributed by atoms with van der Waals surface area (Å²) < 4.78 is 0. The Labute approximate surface area is 183 Å². The van der Waals surface area contributed by atoms with E-state index in [2.05, 4.69) is 5.32 Å². The van der Waals surface area contributed by atoms with Gasteiger partial charge >= 0.3 is 5.97 Å². The molecule has 1 fully saturated rings. The van der Waals surface area contributed by atoms with Gasteiger partial charge in [-0.1, -0.05) is 24.3 Å². The fraction of sp³-hybridized carbons (Fsp3) is 0.478. The SMILES string of the molecule is C/C=C/C(NC(=O)c1ccc(C(=N)N)cc1)C(C)(C)C(=O)N1CCC(CC(=O)O)CC1. The third-order valence-corrected chi connectivity index (χ3v) is 5.82. The number of nitrogens with one attached hydrogen (secondary N) is 2. The van der Waals surface area contributed by atoms with Crippen molar-refractivity contribution in [3.8, 4) is 0 Å². The van der Waals surface area contributed by atoms with Crippen LogP contribution in [0.2, 0.25) is 0 Å². The number of aliphatic carboxylic acids is 1. The molecule has 0 bridgehead atoms. The van der Waals surface area contributed by atoms with Crippen LogP contribution in [0.1, 0.15) is 56.0 Å². The summed E-state index contributed by atoms with van der Waals surface area (Å²) in [5.41, 5.74) is 5.51. The number of allylic oxidation sites excluding steroid dienone is 1.